The highest BCUT2D eigenvalue weighted by Gasteiger charge is 1.99. The lowest BCUT2D eigenvalue weighted by atomic mass is 10.4. The third-order valence-electron chi connectivity index (χ3n) is 1.56. The van der Waals surface area contributed by atoms with Crippen molar-refractivity contribution in [3.8, 4) is 0 Å². The molecular weight excluding hydrogens is 124 g/mol. The molecule has 2 heteroatoms. The summed E-state index contributed by atoms with van der Waals surface area (Å²) in [6, 6.07) is 0. The molecule has 0 radical (unpaired) electrons. The predicted molar refractivity (Wildman–Crippen MR) is 42.7 cm³/mol. The number of rotatable bonds is 2. The summed E-state index contributed by atoms with van der Waals surface area (Å²) in [5.41, 5.74) is 1.15. The number of imidazole rings is 1. The number of aromatic nitrogens is 2. The van der Waals surface area contributed by atoms with E-state index in [2.05, 4.69) is 18.5 Å². The second-order valence-electron chi connectivity index (χ2n) is 2.22. The lowest BCUT2D eigenvalue weighted by Gasteiger charge is -1.99. The first-order valence-electron chi connectivity index (χ1n) is 3.44. The first-order chi connectivity index (χ1) is 4.79. The standard InChI is InChI=1S/C8H12N2/c1-4-8-9-6-7(3)10(8)5-2/h5-6H,2,4H2,1,3H3. The van der Waals surface area contributed by atoms with Gasteiger partial charge < -0.3 is 4.57 Å². The number of hydrogen-bond donors (Lipinski definition) is 0. The second-order valence-corrected chi connectivity index (χ2v) is 2.22. The van der Waals surface area contributed by atoms with Gasteiger partial charge in [-0.2, -0.15) is 0 Å². The summed E-state index contributed by atoms with van der Waals surface area (Å²) in [5.74, 6) is 1.08. The van der Waals surface area contributed by atoms with E-state index in [0.717, 1.165) is 17.9 Å². The average molecular weight is 136 g/mol. The van der Waals surface area contributed by atoms with Crippen LogP contribution >= 0.6 is 0 Å². The van der Waals surface area contributed by atoms with Crippen molar-refractivity contribution in [2.24, 2.45) is 0 Å². The van der Waals surface area contributed by atoms with E-state index in [-0.39, 0.29) is 0 Å². The Morgan fingerprint density at radius 2 is 2.50 bits per heavy atom. The topological polar surface area (TPSA) is 17.8 Å². The smallest absolute Gasteiger partial charge is 0.112 e. The van der Waals surface area contributed by atoms with Crippen LogP contribution in [0, 0.1) is 6.92 Å². The number of nitrogens with zero attached hydrogens (tertiary/aromatic N) is 2. The molecule has 0 spiro atoms. The zero-order chi connectivity index (χ0) is 7.56. The van der Waals surface area contributed by atoms with Crippen molar-refractivity contribution in [1.29, 1.82) is 0 Å². The van der Waals surface area contributed by atoms with Crippen LogP contribution in [0.3, 0.4) is 0 Å². The minimum atomic E-state index is 0.958. The molecule has 0 N–H and O–H groups in total. The molecule has 0 saturated heterocycles. The van der Waals surface area contributed by atoms with Crippen molar-refractivity contribution in [1.82, 2.24) is 9.55 Å². The van der Waals surface area contributed by atoms with Crippen LogP contribution in [0.1, 0.15) is 18.4 Å². The molecule has 0 aliphatic rings. The molecule has 1 heterocycles. The van der Waals surface area contributed by atoms with Crippen molar-refractivity contribution in [2.45, 2.75) is 20.3 Å². The molecule has 0 amide bonds. The van der Waals surface area contributed by atoms with Gasteiger partial charge in [-0.1, -0.05) is 13.5 Å². The molecule has 0 bridgehead atoms. The zero-order valence-corrected chi connectivity index (χ0v) is 6.46. The Kier molecular flexibility index (Phi) is 1.90. The van der Waals surface area contributed by atoms with Crippen LogP contribution in [0.4, 0.5) is 0 Å². The Hall–Kier alpha value is -1.05. The molecule has 1 rings (SSSR count). The van der Waals surface area contributed by atoms with Crippen molar-refractivity contribution in [3.05, 3.63) is 24.3 Å². The molecule has 2 nitrogen and oxygen atoms in total. The first-order valence-corrected chi connectivity index (χ1v) is 3.44. The van der Waals surface area contributed by atoms with Crippen LogP contribution < -0.4 is 0 Å². The van der Waals surface area contributed by atoms with Gasteiger partial charge in [-0.25, -0.2) is 4.98 Å². The van der Waals surface area contributed by atoms with E-state index in [1.54, 1.807) is 6.20 Å². The highest BCUT2D eigenvalue weighted by atomic mass is 15.1. The SMILES string of the molecule is C=Cn1c(C)cnc1CC. The zero-order valence-electron chi connectivity index (χ0n) is 6.46. The molecule has 0 fully saturated rings. The highest BCUT2D eigenvalue weighted by Crippen LogP contribution is 2.03. The van der Waals surface area contributed by atoms with Crippen molar-refractivity contribution >= 4 is 6.20 Å². The molecule has 0 unspecified atom stereocenters. The molecule has 10 heavy (non-hydrogen) atoms. The summed E-state index contributed by atoms with van der Waals surface area (Å²) in [4.78, 5) is 4.20. The maximum atomic E-state index is 4.20. The largest absolute Gasteiger partial charge is 0.308 e. The van der Waals surface area contributed by atoms with E-state index in [1.165, 1.54) is 0 Å². The first kappa shape index (κ1) is 7.06. The Morgan fingerprint density at radius 3 is 2.90 bits per heavy atom. The van der Waals surface area contributed by atoms with E-state index in [4.69, 9.17) is 0 Å². The second kappa shape index (κ2) is 2.69. The summed E-state index contributed by atoms with van der Waals surface area (Å²) in [6.45, 7) is 7.80. The molecule has 0 aromatic carbocycles. The lowest BCUT2D eigenvalue weighted by Crippen LogP contribution is -1.94. The van der Waals surface area contributed by atoms with E-state index in [9.17, 15) is 0 Å². The quantitative estimate of drug-likeness (QED) is 0.606. The van der Waals surface area contributed by atoms with E-state index in [1.807, 2.05) is 17.7 Å². The molecule has 0 atom stereocenters. The van der Waals surface area contributed by atoms with Crippen LogP contribution in [0.25, 0.3) is 6.20 Å². The fraction of sp³-hybridized carbons (Fsp3) is 0.375. The van der Waals surface area contributed by atoms with Gasteiger partial charge in [-0.3, -0.25) is 0 Å². The number of aryl methyl sites for hydroxylation is 2. The lowest BCUT2D eigenvalue weighted by molar-refractivity contribution is 0.908. The molecule has 0 saturated carbocycles. The normalized spacial score (nSPS) is 9.80. The Bertz CT molecular complexity index is 235. The van der Waals surface area contributed by atoms with Gasteiger partial charge in [0.15, 0.2) is 0 Å². The third kappa shape index (κ3) is 0.967. The van der Waals surface area contributed by atoms with Gasteiger partial charge in [-0.05, 0) is 6.92 Å². The molecule has 1 aromatic rings. The van der Waals surface area contributed by atoms with E-state index < -0.39 is 0 Å². The molecule has 54 valence electrons. The van der Waals surface area contributed by atoms with Crippen molar-refractivity contribution < 1.29 is 0 Å². The molecule has 0 aliphatic carbocycles. The van der Waals surface area contributed by atoms with Gasteiger partial charge in [0, 0.05) is 24.5 Å². The van der Waals surface area contributed by atoms with E-state index >= 15 is 0 Å². The minimum Gasteiger partial charge on any atom is -0.308 e. The monoisotopic (exact) mass is 136 g/mol. The van der Waals surface area contributed by atoms with Crippen LogP contribution in [0.15, 0.2) is 12.8 Å². The van der Waals surface area contributed by atoms with Crippen LogP contribution in [-0.2, 0) is 6.42 Å². The van der Waals surface area contributed by atoms with Crippen molar-refractivity contribution in [2.75, 3.05) is 0 Å². The summed E-state index contributed by atoms with van der Waals surface area (Å²) in [5, 5.41) is 0. The molecule has 1 aromatic heterocycles. The Balaban J connectivity index is 3.12. The maximum absolute atomic E-state index is 4.20. The third-order valence-corrected chi connectivity index (χ3v) is 1.56. The highest BCUT2D eigenvalue weighted by molar-refractivity contribution is 5.24. The van der Waals surface area contributed by atoms with Crippen LogP contribution in [0.5, 0.6) is 0 Å². The Morgan fingerprint density at radius 1 is 1.80 bits per heavy atom. The van der Waals surface area contributed by atoms with Gasteiger partial charge in [0.1, 0.15) is 5.82 Å². The van der Waals surface area contributed by atoms with Gasteiger partial charge in [-0.15, -0.1) is 0 Å². The summed E-state index contributed by atoms with van der Waals surface area (Å²) in [7, 11) is 0. The summed E-state index contributed by atoms with van der Waals surface area (Å²) in [6.07, 6.45) is 4.61. The van der Waals surface area contributed by atoms with Gasteiger partial charge >= 0.3 is 0 Å². The van der Waals surface area contributed by atoms with Gasteiger partial charge in [0.25, 0.3) is 0 Å². The minimum absolute atomic E-state index is 0.958. The van der Waals surface area contributed by atoms with Crippen LogP contribution in [0.2, 0.25) is 0 Å². The average Bonchev–Trinajstić information content (AvgIpc) is 2.30. The Labute approximate surface area is 61.2 Å². The predicted octanol–water partition coefficient (Wildman–Crippen LogP) is 1.85. The maximum Gasteiger partial charge on any atom is 0.112 e. The number of hydrogen-bond acceptors (Lipinski definition) is 1. The summed E-state index contributed by atoms with van der Waals surface area (Å²) < 4.78 is 2.00. The fourth-order valence-corrected chi connectivity index (χ4v) is 1.01. The van der Waals surface area contributed by atoms with Gasteiger partial charge in [0.05, 0.1) is 0 Å². The molecular formula is C8H12N2. The van der Waals surface area contributed by atoms with Crippen LogP contribution in [-0.4, -0.2) is 9.55 Å². The molecule has 0 aliphatic heterocycles. The van der Waals surface area contributed by atoms with E-state index in [0.29, 0.717) is 0 Å². The van der Waals surface area contributed by atoms with Gasteiger partial charge in [0.2, 0.25) is 0 Å². The van der Waals surface area contributed by atoms with Crippen molar-refractivity contribution in [3.63, 3.8) is 0 Å². The fourth-order valence-electron chi connectivity index (χ4n) is 1.01. The summed E-state index contributed by atoms with van der Waals surface area (Å²) >= 11 is 0.